The summed E-state index contributed by atoms with van der Waals surface area (Å²) in [6.45, 7) is 0. The maximum Gasteiger partial charge on any atom is 0.573 e. The highest BCUT2D eigenvalue weighted by Gasteiger charge is 2.37. The first kappa shape index (κ1) is 13.6. The van der Waals surface area contributed by atoms with Crippen LogP contribution in [0, 0.1) is 13.7 Å². The van der Waals surface area contributed by atoms with Crippen molar-refractivity contribution in [1.82, 2.24) is 4.98 Å². The lowest BCUT2D eigenvalue weighted by molar-refractivity contribution is -0.393. The third-order valence-corrected chi connectivity index (χ3v) is 2.61. The number of alkyl halides is 3. The number of nitro groups is 1. The Morgan fingerprint density at radius 3 is 2.53 bits per heavy atom. The Bertz CT molecular complexity index is 477. The zero-order valence-electron chi connectivity index (χ0n) is 7.69. The van der Waals surface area contributed by atoms with Gasteiger partial charge in [-0.1, -0.05) is 0 Å². The van der Waals surface area contributed by atoms with Gasteiger partial charge in [0.05, 0.1) is 9.13 Å². The molecule has 0 aromatic carbocycles. The summed E-state index contributed by atoms with van der Waals surface area (Å²) in [5.74, 6) is -2.19. The van der Waals surface area contributed by atoms with Crippen LogP contribution in [0.25, 0.3) is 0 Å². The molecule has 6 nitrogen and oxygen atoms in total. The van der Waals surface area contributed by atoms with Crippen molar-refractivity contribution in [2.24, 2.45) is 0 Å². The molecule has 0 atom stereocenters. The molecule has 0 unspecified atom stereocenters. The Labute approximate surface area is 105 Å². The molecule has 0 aliphatic carbocycles. The zero-order chi connectivity index (χ0) is 13.2. The summed E-state index contributed by atoms with van der Waals surface area (Å²) in [6, 6.07) is 0. The van der Waals surface area contributed by atoms with Crippen LogP contribution in [0.15, 0.2) is 6.20 Å². The molecular formula is C7H2F3IN2O4. The minimum Gasteiger partial charge on any atom is -0.395 e. The second-order valence-electron chi connectivity index (χ2n) is 2.60. The Morgan fingerprint density at radius 1 is 1.53 bits per heavy atom. The van der Waals surface area contributed by atoms with Crippen LogP contribution < -0.4 is 4.74 Å². The molecule has 1 aromatic rings. The van der Waals surface area contributed by atoms with Crippen LogP contribution in [-0.2, 0) is 0 Å². The zero-order valence-corrected chi connectivity index (χ0v) is 9.85. The number of halogens is 4. The molecule has 1 heterocycles. The normalized spacial score (nSPS) is 11.1. The molecule has 0 spiro atoms. The van der Waals surface area contributed by atoms with E-state index in [9.17, 15) is 28.1 Å². The molecule has 1 aromatic heterocycles. The maximum atomic E-state index is 12.0. The van der Waals surface area contributed by atoms with E-state index >= 15 is 0 Å². The second kappa shape index (κ2) is 4.81. The van der Waals surface area contributed by atoms with E-state index in [1.165, 1.54) is 22.6 Å². The van der Waals surface area contributed by atoms with Crippen molar-refractivity contribution in [1.29, 1.82) is 0 Å². The minimum absolute atomic E-state index is 0.224. The lowest BCUT2D eigenvalue weighted by atomic mass is 10.3. The van der Waals surface area contributed by atoms with Crippen LogP contribution in [0.1, 0.15) is 10.4 Å². The van der Waals surface area contributed by atoms with E-state index in [1.807, 2.05) is 0 Å². The summed E-state index contributed by atoms with van der Waals surface area (Å²) in [4.78, 5) is 22.9. The van der Waals surface area contributed by atoms with Gasteiger partial charge >= 0.3 is 12.2 Å². The van der Waals surface area contributed by atoms with Crippen LogP contribution in [-0.4, -0.2) is 22.6 Å². The van der Waals surface area contributed by atoms with Crippen LogP contribution in [0.2, 0.25) is 0 Å². The molecule has 17 heavy (non-hydrogen) atoms. The molecule has 0 bridgehead atoms. The second-order valence-corrected chi connectivity index (χ2v) is 3.68. The molecule has 92 valence electrons. The number of carbonyl (C=O) groups excluding carboxylic acids is 1. The highest BCUT2D eigenvalue weighted by Crippen LogP contribution is 2.35. The van der Waals surface area contributed by atoms with E-state index in [0.717, 1.165) is 6.20 Å². The Morgan fingerprint density at radius 2 is 2.12 bits per heavy atom. The lowest BCUT2D eigenvalue weighted by Crippen LogP contribution is -2.19. The number of aldehydes is 1. The monoisotopic (exact) mass is 362 g/mol. The van der Waals surface area contributed by atoms with Crippen molar-refractivity contribution in [2.45, 2.75) is 6.36 Å². The van der Waals surface area contributed by atoms with E-state index < -0.39 is 22.9 Å². The van der Waals surface area contributed by atoms with Crippen LogP contribution in [0.4, 0.5) is 19.0 Å². The van der Waals surface area contributed by atoms with Gasteiger partial charge in [0.15, 0.2) is 12.5 Å². The summed E-state index contributed by atoms with van der Waals surface area (Å²) >= 11 is 1.34. The molecule has 0 saturated carbocycles. The van der Waals surface area contributed by atoms with Crippen molar-refractivity contribution in [3.8, 4) is 5.75 Å². The summed E-state index contributed by atoms with van der Waals surface area (Å²) in [7, 11) is 0. The first-order chi connectivity index (χ1) is 7.76. The summed E-state index contributed by atoms with van der Waals surface area (Å²) in [5, 5.41) is 10.5. The third kappa shape index (κ3) is 3.25. The van der Waals surface area contributed by atoms with Gasteiger partial charge in [0, 0.05) is 0 Å². The molecule has 0 N–H and O–H groups in total. The summed E-state index contributed by atoms with van der Waals surface area (Å²) < 4.78 is 39.3. The number of carbonyl (C=O) groups is 1. The fourth-order valence-corrected chi connectivity index (χ4v) is 1.51. The van der Waals surface area contributed by atoms with E-state index in [-0.39, 0.29) is 15.4 Å². The SMILES string of the molecule is O=Cc1cnc([N+](=O)[O-])c(OC(F)(F)F)c1I. The number of nitrogens with zero attached hydrogens (tertiary/aromatic N) is 2. The molecule has 0 amide bonds. The van der Waals surface area contributed by atoms with Crippen molar-refractivity contribution < 1.29 is 27.6 Å². The summed E-state index contributed by atoms with van der Waals surface area (Å²) in [6.07, 6.45) is -4.08. The van der Waals surface area contributed by atoms with Gasteiger partial charge in [0.25, 0.3) is 0 Å². The highest BCUT2D eigenvalue weighted by molar-refractivity contribution is 14.1. The molecule has 0 aliphatic heterocycles. The van der Waals surface area contributed by atoms with Gasteiger partial charge < -0.3 is 14.9 Å². The molecule has 0 radical (unpaired) electrons. The Hall–Kier alpha value is -1.46. The standard InChI is InChI=1S/C7H2F3IN2O4/c8-7(9,10)17-5-4(11)3(2-14)1-12-6(5)13(15)16/h1-2H. The Kier molecular flexibility index (Phi) is 3.85. The van der Waals surface area contributed by atoms with E-state index in [2.05, 4.69) is 9.72 Å². The van der Waals surface area contributed by atoms with Crippen molar-refractivity contribution >= 4 is 34.7 Å². The molecule has 1 rings (SSSR count). The fourth-order valence-electron chi connectivity index (χ4n) is 0.894. The van der Waals surface area contributed by atoms with Crippen molar-refractivity contribution in [3.05, 3.63) is 25.4 Å². The number of hydrogen-bond acceptors (Lipinski definition) is 5. The smallest absolute Gasteiger partial charge is 0.395 e. The van der Waals surface area contributed by atoms with Gasteiger partial charge in [0.2, 0.25) is 5.75 Å². The van der Waals surface area contributed by atoms with Gasteiger partial charge in [-0.3, -0.25) is 4.79 Å². The van der Waals surface area contributed by atoms with Crippen molar-refractivity contribution in [3.63, 3.8) is 0 Å². The number of aromatic nitrogens is 1. The number of hydrogen-bond donors (Lipinski definition) is 0. The largest absolute Gasteiger partial charge is 0.573 e. The third-order valence-electron chi connectivity index (χ3n) is 1.50. The molecule has 0 aliphatic rings. The molecule has 10 heteroatoms. The van der Waals surface area contributed by atoms with Gasteiger partial charge in [-0.25, -0.2) is 0 Å². The van der Waals surface area contributed by atoms with Crippen LogP contribution >= 0.6 is 22.6 Å². The van der Waals surface area contributed by atoms with Crippen LogP contribution in [0.5, 0.6) is 5.75 Å². The van der Waals surface area contributed by atoms with E-state index in [0.29, 0.717) is 0 Å². The van der Waals surface area contributed by atoms with Gasteiger partial charge in [-0.05, 0) is 32.5 Å². The van der Waals surface area contributed by atoms with E-state index in [4.69, 9.17) is 0 Å². The lowest BCUT2D eigenvalue weighted by Gasteiger charge is -2.10. The average molecular weight is 362 g/mol. The molecule has 0 fully saturated rings. The first-order valence-corrected chi connectivity index (χ1v) is 4.88. The number of rotatable bonds is 3. The number of pyridine rings is 1. The average Bonchev–Trinajstić information content (AvgIpc) is 2.18. The van der Waals surface area contributed by atoms with Crippen molar-refractivity contribution in [2.75, 3.05) is 0 Å². The van der Waals surface area contributed by atoms with Gasteiger partial charge in [-0.2, -0.15) is 0 Å². The number of ether oxygens (including phenoxy) is 1. The van der Waals surface area contributed by atoms with Crippen LogP contribution in [0.3, 0.4) is 0 Å². The maximum absolute atomic E-state index is 12.0. The van der Waals surface area contributed by atoms with E-state index in [1.54, 1.807) is 0 Å². The molecule has 0 saturated heterocycles. The minimum atomic E-state index is -5.10. The first-order valence-electron chi connectivity index (χ1n) is 3.80. The van der Waals surface area contributed by atoms with Gasteiger partial charge in [0.1, 0.15) is 0 Å². The predicted octanol–water partition coefficient (Wildman–Crippen LogP) is 2.31. The highest BCUT2D eigenvalue weighted by atomic mass is 127. The molecular weight excluding hydrogens is 360 g/mol. The topological polar surface area (TPSA) is 82.3 Å². The quantitative estimate of drug-likeness (QED) is 0.357. The van der Waals surface area contributed by atoms with Gasteiger partial charge in [-0.15, -0.1) is 13.2 Å². The Balaban J connectivity index is 3.40. The predicted molar refractivity (Wildman–Crippen MR) is 55.7 cm³/mol. The fraction of sp³-hybridized carbons (Fsp3) is 0.143. The summed E-state index contributed by atoms with van der Waals surface area (Å²) in [5.41, 5.74) is -0.226.